The lowest BCUT2D eigenvalue weighted by atomic mass is 10.1. The zero-order chi connectivity index (χ0) is 19.0. The van der Waals surface area contributed by atoms with Crippen molar-refractivity contribution < 1.29 is 18.7 Å². The van der Waals surface area contributed by atoms with Crippen LogP contribution < -0.4 is 10.2 Å². The third kappa shape index (κ3) is 3.12. The first-order valence-electron chi connectivity index (χ1n) is 8.36. The molecular weight excluding hydrogens is 369 g/mol. The van der Waals surface area contributed by atoms with E-state index in [1.807, 2.05) is 0 Å². The molecule has 0 saturated carbocycles. The Kier molecular flexibility index (Phi) is 4.49. The molecule has 138 valence electrons. The minimum Gasteiger partial charge on any atom is -0.465 e. The van der Waals surface area contributed by atoms with Crippen molar-refractivity contribution in [3.63, 3.8) is 0 Å². The number of benzene rings is 1. The van der Waals surface area contributed by atoms with E-state index < -0.39 is 12.0 Å². The third-order valence-electron chi connectivity index (χ3n) is 4.54. The van der Waals surface area contributed by atoms with Gasteiger partial charge in [0.15, 0.2) is 0 Å². The highest BCUT2D eigenvalue weighted by Gasteiger charge is 2.35. The van der Waals surface area contributed by atoms with Crippen molar-refractivity contribution in [2.75, 3.05) is 23.9 Å². The summed E-state index contributed by atoms with van der Waals surface area (Å²) in [7, 11) is 1.32. The quantitative estimate of drug-likeness (QED) is 0.697. The fourth-order valence-corrected chi connectivity index (χ4v) is 4.15. The molecule has 8 heteroatoms. The van der Waals surface area contributed by atoms with Crippen molar-refractivity contribution >= 4 is 44.8 Å². The van der Waals surface area contributed by atoms with Gasteiger partial charge in [0.25, 0.3) is 0 Å². The number of ether oxygens (including phenoxy) is 1. The summed E-state index contributed by atoms with van der Waals surface area (Å²) in [5, 5.41) is 6.35. The summed E-state index contributed by atoms with van der Waals surface area (Å²) in [5.41, 5.74) is 1.63. The molecule has 0 radical (unpaired) electrons. The summed E-state index contributed by atoms with van der Waals surface area (Å²) in [6, 6.07) is 7.36. The number of aromatic nitrogens is 1. The second-order valence-electron chi connectivity index (χ2n) is 6.13. The highest BCUT2D eigenvalue weighted by molar-refractivity contribution is 7.14. The number of hydrogen-bond donors (Lipinski definition) is 1. The van der Waals surface area contributed by atoms with Gasteiger partial charge in [0.2, 0.25) is 5.91 Å². The van der Waals surface area contributed by atoms with Crippen molar-refractivity contribution in [1.29, 1.82) is 0 Å². The predicted octanol–water partition coefficient (Wildman–Crippen LogP) is 3.44. The molecule has 27 heavy (non-hydrogen) atoms. The van der Waals surface area contributed by atoms with Gasteiger partial charge >= 0.3 is 5.97 Å². The predicted molar refractivity (Wildman–Crippen MR) is 102 cm³/mol. The van der Waals surface area contributed by atoms with E-state index in [1.54, 1.807) is 34.7 Å². The van der Waals surface area contributed by atoms with E-state index in [0.717, 1.165) is 11.1 Å². The number of carbonyl (C=O) groups is 2. The monoisotopic (exact) mass is 385 g/mol. The number of fused-ring (bicyclic) bond motifs is 1. The standard InChI is InChI=1S/C19H16FN3O3S/c1-26-19(25)13-6-9-27-18(13)23-8-5-15(17(23)24)22-14-4-7-21-16-10-11(20)2-3-12(14)16/h2-4,6-7,9-10,15H,5,8H2,1H3,(H,21,22). The molecule has 1 N–H and O–H groups in total. The number of pyridine rings is 1. The maximum absolute atomic E-state index is 13.4. The average molecular weight is 385 g/mol. The van der Waals surface area contributed by atoms with Crippen molar-refractivity contribution in [1.82, 2.24) is 4.98 Å². The number of amides is 1. The molecule has 6 nitrogen and oxygen atoms in total. The third-order valence-corrected chi connectivity index (χ3v) is 5.47. The molecule has 1 aliphatic heterocycles. The van der Waals surface area contributed by atoms with Gasteiger partial charge in [-0.3, -0.25) is 9.78 Å². The van der Waals surface area contributed by atoms with Crippen LogP contribution in [0.3, 0.4) is 0 Å². The first-order valence-corrected chi connectivity index (χ1v) is 9.24. The molecule has 1 aromatic carbocycles. The Balaban J connectivity index is 1.59. The van der Waals surface area contributed by atoms with Crippen LogP contribution in [0.25, 0.3) is 10.9 Å². The SMILES string of the molecule is COC(=O)c1ccsc1N1CCC(Nc2ccnc3cc(F)ccc23)C1=O. The summed E-state index contributed by atoms with van der Waals surface area (Å²) < 4.78 is 18.2. The molecule has 1 fully saturated rings. The van der Waals surface area contributed by atoms with Gasteiger partial charge < -0.3 is 15.0 Å². The van der Waals surface area contributed by atoms with Crippen LogP contribution in [0.4, 0.5) is 15.1 Å². The van der Waals surface area contributed by atoms with Gasteiger partial charge in [-0.05, 0) is 36.1 Å². The lowest BCUT2D eigenvalue weighted by molar-refractivity contribution is -0.117. The number of halogens is 1. The van der Waals surface area contributed by atoms with Crippen LogP contribution >= 0.6 is 11.3 Å². The molecule has 1 saturated heterocycles. The number of anilines is 2. The molecule has 3 heterocycles. The van der Waals surface area contributed by atoms with Crippen LogP contribution in [0.1, 0.15) is 16.8 Å². The zero-order valence-electron chi connectivity index (χ0n) is 14.4. The van der Waals surface area contributed by atoms with Crippen LogP contribution in [0.15, 0.2) is 41.9 Å². The van der Waals surface area contributed by atoms with E-state index in [1.165, 1.54) is 30.6 Å². The lowest BCUT2D eigenvalue weighted by Crippen LogP contribution is -2.33. The molecular formula is C19H16FN3O3S. The number of thiophene rings is 1. The largest absolute Gasteiger partial charge is 0.465 e. The average Bonchev–Trinajstić information content (AvgIpc) is 3.28. The summed E-state index contributed by atoms with van der Waals surface area (Å²) in [4.78, 5) is 30.6. The van der Waals surface area contributed by atoms with Crippen LogP contribution in [-0.2, 0) is 9.53 Å². The molecule has 0 aliphatic carbocycles. The van der Waals surface area contributed by atoms with Crippen molar-refractivity contribution in [2.24, 2.45) is 0 Å². The number of rotatable bonds is 4. The molecule has 2 aromatic heterocycles. The normalized spacial score (nSPS) is 16.7. The minimum absolute atomic E-state index is 0.116. The van der Waals surface area contributed by atoms with Crippen LogP contribution in [0.5, 0.6) is 0 Å². The molecule has 0 bridgehead atoms. The van der Waals surface area contributed by atoms with E-state index in [4.69, 9.17) is 4.74 Å². The first kappa shape index (κ1) is 17.4. The van der Waals surface area contributed by atoms with E-state index in [-0.39, 0.29) is 11.7 Å². The van der Waals surface area contributed by atoms with Gasteiger partial charge in [-0.2, -0.15) is 0 Å². The first-order chi connectivity index (χ1) is 13.1. The number of nitrogens with zero attached hydrogens (tertiary/aromatic N) is 2. The maximum Gasteiger partial charge on any atom is 0.340 e. The van der Waals surface area contributed by atoms with Gasteiger partial charge in [0.05, 0.1) is 18.2 Å². The fraction of sp³-hybridized carbons (Fsp3) is 0.211. The van der Waals surface area contributed by atoms with Gasteiger partial charge in [-0.25, -0.2) is 9.18 Å². The van der Waals surface area contributed by atoms with E-state index >= 15 is 0 Å². The van der Waals surface area contributed by atoms with Crippen LogP contribution in [-0.4, -0.2) is 36.6 Å². The molecule has 1 unspecified atom stereocenters. The molecule has 1 aliphatic rings. The topological polar surface area (TPSA) is 71.5 Å². The Bertz CT molecular complexity index is 1040. The van der Waals surface area contributed by atoms with Crippen LogP contribution in [0.2, 0.25) is 0 Å². The summed E-state index contributed by atoms with van der Waals surface area (Å²) in [6.45, 7) is 0.499. The van der Waals surface area contributed by atoms with Gasteiger partial charge in [0, 0.05) is 29.9 Å². The highest BCUT2D eigenvalue weighted by Crippen LogP contribution is 2.33. The molecule has 1 atom stereocenters. The summed E-state index contributed by atoms with van der Waals surface area (Å²) in [5.74, 6) is -0.935. The molecule has 4 rings (SSSR count). The maximum atomic E-state index is 13.4. The van der Waals surface area contributed by atoms with E-state index in [2.05, 4.69) is 10.3 Å². The second kappa shape index (κ2) is 6.96. The van der Waals surface area contributed by atoms with Gasteiger partial charge in [-0.15, -0.1) is 11.3 Å². The second-order valence-corrected chi connectivity index (χ2v) is 7.02. The van der Waals surface area contributed by atoms with Crippen LogP contribution in [0, 0.1) is 5.82 Å². The van der Waals surface area contributed by atoms with Crippen molar-refractivity contribution in [2.45, 2.75) is 12.5 Å². The van der Waals surface area contributed by atoms with E-state index in [9.17, 15) is 14.0 Å². The Hall–Kier alpha value is -3.00. The highest BCUT2D eigenvalue weighted by atomic mass is 32.1. The van der Waals surface area contributed by atoms with Gasteiger partial charge in [0.1, 0.15) is 16.9 Å². The number of methoxy groups -OCH3 is 1. The Morgan fingerprint density at radius 1 is 1.37 bits per heavy atom. The van der Waals surface area contributed by atoms with Gasteiger partial charge in [-0.1, -0.05) is 0 Å². The number of nitrogens with one attached hydrogen (secondary N) is 1. The fourth-order valence-electron chi connectivity index (χ4n) is 3.23. The Morgan fingerprint density at radius 2 is 2.22 bits per heavy atom. The van der Waals surface area contributed by atoms with E-state index in [0.29, 0.717) is 29.0 Å². The summed E-state index contributed by atoms with van der Waals surface area (Å²) in [6.07, 6.45) is 2.16. The smallest absolute Gasteiger partial charge is 0.340 e. The number of hydrogen-bond acceptors (Lipinski definition) is 6. The number of esters is 1. The van der Waals surface area contributed by atoms with Crippen molar-refractivity contribution in [3.05, 3.63) is 53.3 Å². The molecule has 0 spiro atoms. The number of carbonyl (C=O) groups excluding carboxylic acids is 2. The Labute approximate surface area is 158 Å². The zero-order valence-corrected chi connectivity index (χ0v) is 15.3. The molecule has 1 amide bonds. The Morgan fingerprint density at radius 3 is 3.04 bits per heavy atom. The lowest BCUT2D eigenvalue weighted by Gasteiger charge is -2.18. The summed E-state index contributed by atoms with van der Waals surface area (Å²) >= 11 is 1.33. The van der Waals surface area contributed by atoms with Crippen molar-refractivity contribution in [3.8, 4) is 0 Å². The minimum atomic E-state index is -0.461. The molecule has 3 aromatic rings.